The molecule has 3 rings (SSSR count). The van der Waals surface area contributed by atoms with E-state index in [0.717, 1.165) is 24.2 Å². The molecule has 80 valence electrons. The van der Waals surface area contributed by atoms with Gasteiger partial charge in [-0.15, -0.1) is 0 Å². The van der Waals surface area contributed by atoms with Crippen molar-refractivity contribution in [3.8, 4) is 11.4 Å². The molecule has 0 bridgehead atoms. The van der Waals surface area contributed by atoms with E-state index in [0.29, 0.717) is 0 Å². The van der Waals surface area contributed by atoms with E-state index in [1.807, 2.05) is 13.1 Å². The van der Waals surface area contributed by atoms with Gasteiger partial charge in [-0.2, -0.15) is 0 Å². The lowest BCUT2D eigenvalue weighted by molar-refractivity contribution is 0.913. The Morgan fingerprint density at radius 3 is 2.88 bits per heavy atom. The van der Waals surface area contributed by atoms with Crippen LogP contribution in [0, 0.1) is 6.92 Å². The average Bonchev–Trinajstić information content (AvgIpc) is 2.72. The second-order valence-corrected chi connectivity index (χ2v) is 4.24. The minimum absolute atomic E-state index is 1.07. The van der Waals surface area contributed by atoms with Gasteiger partial charge >= 0.3 is 0 Å². The van der Waals surface area contributed by atoms with Crippen molar-refractivity contribution in [2.45, 2.75) is 19.8 Å². The van der Waals surface area contributed by atoms with Crippen molar-refractivity contribution in [3.63, 3.8) is 0 Å². The van der Waals surface area contributed by atoms with Gasteiger partial charge in [-0.05, 0) is 43.0 Å². The first-order valence-electron chi connectivity index (χ1n) is 5.59. The highest BCUT2D eigenvalue weighted by Gasteiger charge is 2.20. The van der Waals surface area contributed by atoms with E-state index < -0.39 is 0 Å². The molecule has 1 aliphatic rings. The molecule has 0 saturated carbocycles. The SMILES string of the molecule is C=Cn1ccc2c1-c1nc(C)ccc1CC2. The van der Waals surface area contributed by atoms with E-state index >= 15 is 0 Å². The average molecular weight is 210 g/mol. The zero-order chi connectivity index (χ0) is 11.1. The van der Waals surface area contributed by atoms with Crippen molar-refractivity contribution in [2.75, 3.05) is 0 Å². The molecule has 0 spiro atoms. The lowest BCUT2D eigenvalue weighted by atomic mass is 9.94. The van der Waals surface area contributed by atoms with Gasteiger partial charge in [0.1, 0.15) is 0 Å². The molecule has 0 saturated heterocycles. The standard InChI is InChI=1S/C14H14N2/c1-3-16-9-8-12-7-6-11-5-4-10(2)15-13(11)14(12)16/h3-5,8-9H,1,6-7H2,2H3. The molecule has 2 nitrogen and oxygen atoms in total. The van der Waals surface area contributed by atoms with Crippen LogP contribution in [0.3, 0.4) is 0 Å². The summed E-state index contributed by atoms with van der Waals surface area (Å²) >= 11 is 0. The number of hydrogen-bond donors (Lipinski definition) is 0. The summed E-state index contributed by atoms with van der Waals surface area (Å²) in [5.41, 5.74) is 6.15. The molecule has 16 heavy (non-hydrogen) atoms. The Bertz CT molecular complexity index is 564. The molecule has 0 unspecified atom stereocenters. The number of aromatic nitrogens is 2. The molecule has 2 aromatic rings. The quantitative estimate of drug-likeness (QED) is 0.707. The summed E-state index contributed by atoms with van der Waals surface area (Å²) in [6, 6.07) is 6.45. The number of hydrogen-bond acceptors (Lipinski definition) is 1. The number of fused-ring (bicyclic) bond motifs is 3. The van der Waals surface area contributed by atoms with Gasteiger partial charge in [0, 0.05) is 18.1 Å². The third-order valence-electron chi connectivity index (χ3n) is 3.20. The predicted molar refractivity (Wildman–Crippen MR) is 66.2 cm³/mol. The third kappa shape index (κ3) is 1.23. The summed E-state index contributed by atoms with van der Waals surface area (Å²) < 4.78 is 2.07. The smallest absolute Gasteiger partial charge is 0.0907 e. The number of nitrogens with zero attached hydrogens (tertiary/aromatic N) is 2. The molecule has 1 aliphatic carbocycles. The molecule has 0 aromatic carbocycles. The Morgan fingerprint density at radius 2 is 2.06 bits per heavy atom. The van der Waals surface area contributed by atoms with Gasteiger partial charge in [-0.3, -0.25) is 4.98 Å². The molecule has 0 amide bonds. The first-order chi connectivity index (χ1) is 7.79. The highest BCUT2D eigenvalue weighted by atomic mass is 15.0. The van der Waals surface area contributed by atoms with E-state index in [1.54, 1.807) is 0 Å². The second kappa shape index (κ2) is 3.34. The molecular weight excluding hydrogens is 196 g/mol. The molecule has 0 atom stereocenters. The molecule has 0 aliphatic heterocycles. The van der Waals surface area contributed by atoms with Crippen LogP contribution < -0.4 is 0 Å². The van der Waals surface area contributed by atoms with E-state index in [1.165, 1.54) is 16.8 Å². The number of rotatable bonds is 1. The van der Waals surface area contributed by atoms with Crippen molar-refractivity contribution >= 4 is 6.20 Å². The van der Waals surface area contributed by atoms with Crippen LogP contribution in [0.15, 0.2) is 31.0 Å². The number of pyridine rings is 1. The second-order valence-electron chi connectivity index (χ2n) is 4.24. The van der Waals surface area contributed by atoms with E-state index in [-0.39, 0.29) is 0 Å². The van der Waals surface area contributed by atoms with Gasteiger partial charge in [0.25, 0.3) is 0 Å². The van der Waals surface area contributed by atoms with Gasteiger partial charge in [-0.25, -0.2) is 0 Å². The molecule has 2 aromatic heterocycles. The van der Waals surface area contributed by atoms with Crippen LogP contribution in [0.2, 0.25) is 0 Å². The zero-order valence-electron chi connectivity index (χ0n) is 9.40. The molecule has 0 fully saturated rings. The van der Waals surface area contributed by atoms with Crippen LogP contribution >= 0.6 is 0 Å². The van der Waals surface area contributed by atoms with Crippen molar-refractivity contribution in [2.24, 2.45) is 0 Å². The number of aryl methyl sites for hydroxylation is 3. The van der Waals surface area contributed by atoms with Crippen molar-refractivity contribution < 1.29 is 0 Å². The molecule has 0 N–H and O–H groups in total. The highest BCUT2D eigenvalue weighted by Crippen LogP contribution is 2.32. The maximum absolute atomic E-state index is 4.67. The van der Waals surface area contributed by atoms with Crippen molar-refractivity contribution in [1.82, 2.24) is 9.55 Å². The monoisotopic (exact) mass is 210 g/mol. The first kappa shape index (κ1) is 9.40. The summed E-state index contributed by atoms with van der Waals surface area (Å²) in [4.78, 5) is 4.67. The van der Waals surface area contributed by atoms with Crippen molar-refractivity contribution in [3.05, 3.63) is 47.8 Å². The van der Waals surface area contributed by atoms with E-state index in [2.05, 4.69) is 40.5 Å². The fraction of sp³-hybridized carbons (Fsp3) is 0.214. The molecule has 2 heteroatoms. The lowest BCUT2D eigenvalue weighted by Gasteiger charge is -2.17. The molecular formula is C14H14N2. The minimum Gasteiger partial charge on any atom is -0.322 e. The summed E-state index contributed by atoms with van der Waals surface area (Å²) in [5, 5.41) is 0. The largest absolute Gasteiger partial charge is 0.322 e. The Morgan fingerprint density at radius 1 is 1.25 bits per heavy atom. The van der Waals surface area contributed by atoms with Crippen LogP contribution in [-0.4, -0.2) is 9.55 Å². The fourth-order valence-electron chi connectivity index (χ4n) is 2.38. The third-order valence-corrected chi connectivity index (χ3v) is 3.20. The van der Waals surface area contributed by atoms with Crippen molar-refractivity contribution in [1.29, 1.82) is 0 Å². The Balaban J connectivity index is 2.31. The molecule has 2 heterocycles. The van der Waals surface area contributed by atoms with Gasteiger partial charge in [0.05, 0.1) is 11.4 Å². The van der Waals surface area contributed by atoms with Crippen LogP contribution in [0.25, 0.3) is 17.6 Å². The zero-order valence-corrected chi connectivity index (χ0v) is 9.40. The molecule has 0 radical (unpaired) electrons. The summed E-state index contributed by atoms with van der Waals surface area (Å²) in [6.45, 7) is 5.88. The van der Waals surface area contributed by atoms with Gasteiger partial charge in [0.15, 0.2) is 0 Å². The van der Waals surface area contributed by atoms with Gasteiger partial charge in [0.2, 0.25) is 0 Å². The first-order valence-corrected chi connectivity index (χ1v) is 5.59. The predicted octanol–water partition coefficient (Wildman–Crippen LogP) is 3.06. The Kier molecular flexibility index (Phi) is 1.96. The summed E-state index contributed by atoms with van der Waals surface area (Å²) in [6.07, 6.45) is 6.11. The summed E-state index contributed by atoms with van der Waals surface area (Å²) in [7, 11) is 0. The Hall–Kier alpha value is -1.83. The highest BCUT2D eigenvalue weighted by molar-refractivity contribution is 5.69. The minimum atomic E-state index is 1.07. The Labute approximate surface area is 95.3 Å². The maximum atomic E-state index is 4.67. The lowest BCUT2D eigenvalue weighted by Crippen LogP contribution is -2.07. The van der Waals surface area contributed by atoms with Gasteiger partial charge < -0.3 is 4.57 Å². The summed E-state index contributed by atoms with van der Waals surface area (Å²) in [5.74, 6) is 0. The van der Waals surface area contributed by atoms with E-state index in [4.69, 9.17) is 0 Å². The normalized spacial score (nSPS) is 13.1. The van der Waals surface area contributed by atoms with Gasteiger partial charge in [-0.1, -0.05) is 12.6 Å². The van der Waals surface area contributed by atoms with E-state index in [9.17, 15) is 0 Å². The van der Waals surface area contributed by atoms with Crippen LogP contribution in [0.1, 0.15) is 16.8 Å². The van der Waals surface area contributed by atoms with Crippen LogP contribution in [0.5, 0.6) is 0 Å². The maximum Gasteiger partial charge on any atom is 0.0907 e. The van der Waals surface area contributed by atoms with Crippen LogP contribution in [-0.2, 0) is 12.8 Å². The topological polar surface area (TPSA) is 17.8 Å². The fourth-order valence-corrected chi connectivity index (χ4v) is 2.38. The van der Waals surface area contributed by atoms with Crippen LogP contribution in [0.4, 0.5) is 0 Å².